The van der Waals surface area contributed by atoms with Crippen LogP contribution in [0.5, 0.6) is 0 Å². The second-order valence-electron chi connectivity index (χ2n) is 8.11. The molecule has 1 rings (SSSR count). The molecule has 1 aliphatic rings. The van der Waals surface area contributed by atoms with Crippen LogP contribution in [-0.2, 0) is 0 Å². The normalized spacial score (nSPS) is 31.5. The molecule has 0 bridgehead atoms. The standard InChI is InChI=1S/C17H35N5O2/c1-16(2)14(21-23)12-15(22-24)17(3,4)20-11-8-13(6-9-18-5)7-10-19-16/h13-15,18-20H,6-12H2,1-5H3. The summed E-state index contributed by atoms with van der Waals surface area (Å²) in [6.07, 6.45) is 3.60. The Morgan fingerprint density at radius 2 is 1.42 bits per heavy atom. The SMILES string of the molecule is CNCCC1CCNC(C)(C)C(N=O)CC(N=O)C(C)(C)NCC1. The van der Waals surface area contributed by atoms with E-state index in [9.17, 15) is 9.81 Å². The van der Waals surface area contributed by atoms with Crippen molar-refractivity contribution in [1.29, 1.82) is 0 Å². The predicted molar refractivity (Wildman–Crippen MR) is 99.2 cm³/mol. The van der Waals surface area contributed by atoms with Crippen molar-refractivity contribution in [3.63, 3.8) is 0 Å². The van der Waals surface area contributed by atoms with Crippen molar-refractivity contribution >= 4 is 0 Å². The van der Waals surface area contributed by atoms with Crippen LogP contribution < -0.4 is 16.0 Å². The third-order valence-corrected chi connectivity index (χ3v) is 5.44. The van der Waals surface area contributed by atoms with Crippen LogP contribution in [0.3, 0.4) is 0 Å². The van der Waals surface area contributed by atoms with Gasteiger partial charge in [0.2, 0.25) is 0 Å². The van der Waals surface area contributed by atoms with Crippen LogP contribution in [0.25, 0.3) is 0 Å². The van der Waals surface area contributed by atoms with E-state index in [0.717, 1.165) is 38.9 Å². The van der Waals surface area contributed by atoms with E-state index in [4.69, 9.17) is 0 Å². The summed E-state index contributed by atoms with van der Waals surface area (Å²) < 4.78 is 0. The molecule has 24 heavy (non-hydrogen) atoms. The van der Waals surface area contributed by atoms with Gasteiger partial charge in [0.25, 0.3) is 0 Å². The van der Waals surface area contributed by atoms with Gasteiger partial charge in [0.1, 0.15) is 12.1 Å². The van der Waals surface area contributed by atoms with E-state index in [1.54, 1.807) is 0 Å². The third-order valence-electron chi connectivity index (χ3n) is 5.44. The molecule has 7 nitrogen and oxygen atoms in total. The van der Waals surface area contributed by atoms with Gasteiger partial charge in [-0.15, -0.1) is 0 Å². The maximum Gasteiger partial charge on any atom is 0.112 e. The lowest BCUT2D eigenvalue weighted by Crippen LogP contribution is -2.55. The Morgan fingerprint density at radius 3 is 1.79 bits per heavy atom. The first-order valence-electron chi connectivity index (χ1n) is 9.06. The van der Waals surface area contributed by atoms with Gasteiger partial charge in [0.15, 0.2) is 0 Å². The lowest BCUT2D eigenvalue weighted by atomic mass is 9.82. The molecule has 0 saturated carbocycles. The van der Waals surface area contributed by atoms with E-state index in [2.05, 4.69) is 26.3 Å². The average molecular weight is 342 g/mol. The zero-order chi connectivity index (χ0) is 18.2. The van der Waals surface area contributed by atoms with Crippen molar-refractivity contribution in [3.05, 3.63) is 9.81 Å². The molecule has 0 aliphatic carbocycles. The molecular weight excluding hydrogens is 306 g/mol. The molecule has 1 saturated heterocycles. The highest BCUT2D eigenvalue weighted by atomic mass is 16.3. The molecule has 1 fully saturated rings. The van der Waals surface area contributed by atoms with Crippen LogP contribution in [0.2, 0.25) is 0 Å². The number of nitroso groups, excluding NO2 is 2. The zero-order valence-electron chi connectivity index (χ0n) is 15.9. The lowest BCUT2D eigenvalue weighted by molar-refractivity contribution is 0.224. The second kappa shape index (κ2) is 9.53. The van der Waals surface area contributed by atoms with Gasteiger partial charge >= 0.3 is 0 Å². The molecule has 3 N–H and O–H groups in total. The molecule has 1 aliphatic heterocycles. The minimum atomic E-state index is -0.489. The van der Waals surface area contributed by atoms with Gasteiger partial charge in [0, 0.05) is 17.5 Å². The van der Waals surface area contributed by atoms with Gasteiger partial charge in [-0.1, -0.05) is 10.4 Å². The highest BCUT2D eigenvalue weighted by Gasteiger charge is 2.39. The number of hydrogen-bond donors (Lipinski definition) is 3. The summed E-state index contributed by atoms with van der Waals surface area (Å²) in [5.74, 6) is 0.591. The predicted octanol–water partition coefficient (Wildman–Crippen LogP) is 2.40. The van der Waals surface area contributed by atoms with Crippen molar-refractivity contribution in [1.82, 2.24) is 16.0 Å². The molecule has 0 amide bonds. The Balaban J connectivity index is 2.93. The first-order chi connectivity index (χ1) is 11.3. The van der Waals surface area contributed by atoms with E-state index >= 15 is 0 Å². The quantitative estimate of drug-likeness (QED) is 0.668. The summed E-state index contributed by atoms with van der Waals surface area (Å²) >= 11 is 0. The van der Waals surface area contributed by atoms with Crippen molar-refractivity contribution in [2.75, 3.05) is 26.7 Å². The smallest absolute Gasteiger partial charge is 0.112 e. The zero-order valence-corrected chi connectivity index (χ0v) is 15.9. The van der Waals surface area contributed by atoms with E-state index in [0.29, 0.717) is 12.3 Å². The van der Waals surface area contributed by atoms with Crippen LogP contribution >= 0.6 is 0 Å². The molecule has 140 valence electrons. The van der Waals surface area contributed by atoms with Crippen molar-refractivity contribution in [2.24, 2.45) is 16.3 Å². The molecule has 0 spiro atoms. The highest BCUT2D eigenvalue weighted by molar-refractivity contribution is 5.00. The van der Waals surface area contributed by atoms with Crippen LogP contribution in [-0.4, -0.2) is 49.8 Å². The summed E-state index contributed by atoms with van der Waals surface area (Å²) in [6.45, 7) is 10.6. The van der Waals surface area contributed by atoms with E-state index in [1.807, 2.05) is 34.7 Å². The summed E-state index contributed by atoms with van der Waals surface area (Å²) in [7, 11) is 1.97. The Hall–Kier alpha value is -0.920. The maximum atomic E-state index is 11.4. The minimum Gasteiger partial charge on any atom is -0.320 e. The van der Waals surface area contributed by atoms with Gasteiger partial charge < -0.3 is 16.0 Å². The lowest BCUT2D eigenvalue weighted by Gasteiger charge is -2.38. The number of nitrogens with zero attached hydrogens (tertiary/aromatic N) is 2. The molecule has 0 aromatic heterocycles. The second-order valence-corrected chi connectivity index (χ2v) is 8.11. The third kappa shape index (κ3) is 6.18. The molecule has 1 heterocycles. The van der Waals surface area contributed by atoms with Gasteiger partial charge in [-0.3, -0.25) is 0 Å². The maximum absolute atomic E-state index is 11.4. The van der Waals surface area contributed by atoms with Crippen molar-refractivity contribution in [2.45, 2.75) is 76.5 Å². The van der Waals surface area contributed by atoms with Gasteiger partial charge in [-0.2, -0.15) is 9.81 Å². The van der Waals surface area contributed by atoms with Crippen LogP contribution in [0.1, 0.15) is 53.4 Å². The van der Waals surface area contributed by atoms with Gasteiger partial charge in [-0.25, -0.2) is 0 Å². The highest BCUT2D eigenvalue weighted by Crippen LogP contribution is 2.26. The van der Waals surface area contributed by atoms with E-state index in [1.165, 1.54) is 0 Å². The summed E-state index contributed by atoms with van der Waals surface area (Å²) in [5.41, 5.74) is -0.902. The first-order valence-corrected chi connectivity index (χ1v) is 9.06. The monoisotopic (exact) mass is 341 g/mol. The molecule has 7 heteroatoms. The summed E-state index contributed by atoms with van der Waals surface area (Å²) in [4.78, 5) is 22.8. The Kier molecular flexibility index (Phi) is 8.39. The molecular formula is C17H35N5O2. The fraction of sp³-hybridized carbons (Fsp3) is 1.00. The van der Waals surface area contributed by atoms with Crippen LogP contribution in [0.15, 0.2) is 10.4 Å². The topological polar surface area (TPSA) is 94.9 Å². The minimum absolute atomic E-state index is 0.357. The average Bonchev–Trinajstić information content (AvgIpc) is 2.51. The summed E-state index contributed by atoms with van der Waals surface area (Å²) in [6, 6.07) is -0.979. The number of hydrogen-bond acceptors (Lipinski definition) is 7. The van der Waals surface area contributed by atoms with Crippen LogP contribution in [0, 0.1) is 15.7 Å². The van der Waals surface area contributed by atoms with Gasteiger partial charge in [0.05, 0.1) is 0 Å². The first kappa shape index (κ1) is 21.1. The largest absolute Gasteiger partial charge is 0.320 e. The number of rotatable bonds is 5. The molecule has 2 unspecified atom stereocenters. The van der Waals surface area contributed by atoms with Crippen molar-refractivity contribution < 1.29 is 0 Å². The Labute approximate surface area is 146 Å². The Bertz CT molecular complexity index is 368. The van der Waals surface area contributed by atoms with E-state index < -0.39 is 23.2 Å². The molecule has 0 aromatic carbocycles. The summed E-state index contributed by atoms with van der Waals surface area (Å²) in [5, 5.41) is 16.8. The molecule has 0 aromatic rings. The van der Waals surface area contributed by atoms with Gasteiger partial charge in [-0.05, 0) is 79.6 Å². The molecule has 2 atom stereocenters. The van der Waals surface area contributed by atoms with E-state index in [-0.39, 0.29) is 0 Å². The fourth-order valence-corrected chi connectivity index (χ4v) is 3.36. The van der Waals surface area contributed by atoms with Crippen LogP contribution in [0.4, 0.5) is 0 Å². The molecule has 0 radical (unpaired) electrons. The number of nitrogens with one attached hydrogen (secondary N) is 3. The fourth-order valence-electron chi connectivity index (χ4n) is 3.36. The van der Waals surface area contributed by atoms with Crippen molar-refractivity contribution in [3.8, 4) is 0 Å². The Morgan fingerprint density at radius 1 is 0.958 bits per heavy atom.